The molecule has 9 rings (SSSR count). The predicted molar refractivity (Wildman–Crippen MR) is 218 cm³/mol. The third-order valence-corrected chi connectivity index (χ3v) is 12.4. The zero-order chi connectivity index (χ0) is 40.2. The number of piperidine rings is 1. The summed E-state index contributed by atoms with van der Waals surface area (Å²) in [7, 11) is 1.80. The van der Waals surface area contributed by atoms with E-state index in [0.717, 1.165) is 87.4 Å². The number of rotatable bonds is 10. The summed E-state index contributed by atoms with van der Waals surface area (Å²) in [6.07, 6.45) is 11.7. The summed E-state index contributed by atoms with van der Waals surface area (Å²) in [4.78, 5) is 54.8. The van der Waals surface area contributed by atoms with Crippen LogP contribution in [0.25, 0.3) is 21.8 Å². The van der Waals surface area contributed by atoms with Gasteiger partial charge in [-0.25, -0.2) is 9.18 Å². The molecule has 2 aliphatic heterocycles. The van der Waals surface area contributed by atoms with Crippen LogP contribution >= 0.6 is 0 Å². The average molecular weight is 792 g/mol. The van der Waals surface area contributed by atoms with Crippen LogP contribution in [0.3, 0.4) is 0 Å². The number of hydrogen-bond acceptors (Lipinski definition) is 8. The number of nitrogens with zero attached hydrogens (tertiary/aromatic N) is 7. The lowest BCUT2D eigenvalue weighted by Gasteiger charge is -2.37. The minimum absolute atomic E-state index is 0.0966. The second kappa shape index (κ2) is 15.3. The van der Waals surface area contributed by atoms with Gasteiger partial charge < -0.3 is 19.5 Å². The van der Waals surface area contributed by atoms with Gasteiger partial charge in [0, 0.05) is 61.8 Å². The lowest BCUT2D eigenvalue weighted by atomic mass is 9.84. The minimum Gasteiger partial charge on any atom is -0.490 e. The quantitative estimate of drug-likeness (QED) is 0.160. The summed E-state index contributed by atoms with van der Waals surface area (Å²) in [5.41, 5.74) is 2.64. The van der Waals surface area contributed by atoms with Crippen molar-refractivity contribution in [1.29, 1.82) is 0 Å². The molecule has 0 bridgehead atoms. The molecule has 2 saturated carbocycles. The topological polar surface area (TPSA) is 149 Å². The van der Waals surface area contributed by atoms with Crippen LogP contribution in [0.2, 0.25) is 0 Å². The zero-order valence-corrected chi connectivity index (χ0v) is 33.2. The van der Waals surface area contributed by atoms with E-state index >= 15 is 4.39 Å². The number of benzene rings is 2. The summed E-state index contributed by atoms with van der Waals surface area (Å²) in [5.74, 6) is 0.475. The van der Waals surface area contributed by atoms with E-state index in [1.807, 2.05) is 38.2 Å². The molecule has 4 amide bonds. The molecule has 58 heavy (non-hydrogen) atoms. The van der Waals surface area contributed by atoms with Crippen molar-refractivity contribution in [3.05, 3.63) is 76.1 Å². The number of carbonyl (C=O) groups excluding carboxylic acids is 3. The number of urea groups is 1. The van der Waals surface area contributed by atoms with Gasteiger partial charge in [-0.15, -0.1) is 0 Å². The molecule has 3 aromatic heterocycles. The smallest absolute Gasteiger partial charge is 0.329 e. The minimum atomic E-state index is -0.536. The van der Waals surface area contributed by atoms with Crippen molar-refractivity contribution >= 4 is 51.2 Å². The maximum Gasteiger partial charge on any atom is 0.329 e. The third-order valence-electron chi connectivity index (χ3n) is 12.4. The van der Waals surface area contributed by atoms with Gasteiger partial charge in [0.25, 0.3) is 11.5 Å². The summed E-state index contributed by atoms with van der Waals surface area (Å²) in [6, 6.07) is 10.4. The number of fused-ring (bicyclic) bond motifs is 2. The van der Waals surface area contributed by atoms with Gasteiger partial charge in [-0.3, -0.25) is 34.0 Å². The maximum atomic E-state index is 15.7. The van der Waals surface area contributed by atoms with Crippen LogP contribution in [0.15, 0.2) is 53.6 Å². The fourth-order valence-corrected chi connectivity index (χ4v) is 9.16. The van der Waals surface area contributed by atoms with E-state index < -0.39 is 6.03 Å². The Morgan fingerprint density at radius 1 is 0.966 bits per heavy atom. The lowest BCUT2D eigenvalue weighted by Crippen LogP contribution is -2.49. The number of nitrogens with one attached hydrogen (secondary N) is 2. The highest BCUT2D eigenvalue weighted by atomic mass is 19.1. The van der Waals surface area contributed by atoms with Gasteiger partial charge in [-0.2, -0.15) is 10.2 Å². The normalized spacial score (nSPS) is 20.9. The molecular formula is C43H50FN9O5. The number of carbonyl (C=O) groups is 3. The highest BCUT2D eigenvalue weighted by Crippen LogP contribution is 2.38. The standard InChI is InChI=1S/C43H50FN9O5/c1-25(2)58-38-22-36-28(19-33(38)41(55)45-35-5-4-15-51(42(35)56)29-10-11-29)24-53(47-36)30-8-6-26(7-9-30)23-50-16-12-27(13-17-50)31-21-37-32(20-34(31)44)40(48-49(37)3)52-18-14-39(54)46-43(52)57/h4-5,15,19-22,24-27,29-30H,6-14,16-18,23H2,1-3H3,(H,45,55)(H,46,54,57). The van der Waals surface area contributed by atoms with Crippen molar-refractivity contribution in [1.82, 2.24) is 34.3 Å². The molecule has 304 valence electrons. The molecule has 2 aliphatic carbocycles. The molecule has 4 fully saturated rings. The molecule has 15 heteroatoms. The molecule has 14 nitrogen and oxygen atoms in total. The van der Waals surface area contributed by atoms with E-state index in [-0.39, 0.29) is 65.9 Å². The highest BCUT2D eigenvalue weighted by Gasteiger charge is 2.32. The molecule has 2 saturated heterocycles. The Balaban J connectivity index is 0.816. The number of imide groups is 1. The molecule has 4 aliphatic rings. The van der Waals surface area contributed by atoms with Crippen molar-refractivity contribution in [3.63, 3.8) is 0 Å². The fraction of sp³-hybridized carbons (Fsp3) is 0.488. The molecule has 2 N–H and O–H groups in total. The zero-order valence-electron chi connectivity index (χ0n) is 33.2. The Hall–Kier alpha value is -5.57. The first-order valence-electron chi connectivity index (χ1n) is 20.7. The molecule has 0 spiro atoms. The van der Waals surface area contributed by atoms with Gasteiger partial charge in [0.1, 0.15) is 17.3 Å². The van der Waals surface area contributed by atoms with Crippen molar-refractivity contribution in [3.8, 4) is 5.75 Å². The van der Waals surface area contributed by atoms with Crippen molar-refractivity contribution in [2.75, 3.05) is 36.4 Å². The van der Waals surface area contributed by atoms with Gasteiger partial charge in [-0.05, 0) is 126 Å². The molecule has 5 heterocycles. The first-order valence-corrected chi connectivity index (χ1v) is 20.7. The van der Waals surface area contributed by atoms with E-state index in [4.69, 9.17) is 9.84 Å². The predicted octanol–water partition coefficient (Wildman–Crippen LogP) is 6.66. The molecule has 2 aromatic carbocycles. The second-order valence-electron chi connectivity index (χ2n) is 16.8. The number of aromatic nitrogens is 5. The number of pyridine rings is 1. The fourth-order valence-electron chi connectivity index (χ4n) is 9.16. The van der Waals surface area contributed by atoms with Crippen LogP contribution in [-0.2, 0) is 11.8 Å². The van der Waals surface area contributed by atoms with E-state index in [0.29, 0.717) is 34.0 Å². The Bertz CT molecular complexity index is 2470. The first kappa shape index (κ1) is 38.0. The van der Waals surface area contributed by atoms with Crippen molar-refractivity contribution in [2.24, 2.45) is 13.0 Å². The number of ether oxygens (including phenoxy) is 1. The van der Waals surface area contributed by atoms with Crippen molar-refractivity contribution < 1.29 is 23.5 Å². The molecule has 0 unspecified atom stereocenters. The lowest BCUT2D eigenvalue weighted by molar-refractivity contribution is -0.120. The van der Waals surface area contributed by atoms with Gasteiger partial charge in [0.05, 0.1) is 28.7 Å². The molecule has 0 radical (unpaired) electrons. The molecular weight excluding hydrogens is 742 g/mol. The van der Waals surface area contributed by atoms with Crippen LogP contribution in [0.1, 0.15) is 106 Å². The van der Waals surface area contributed by atoms with E-state index in [1.54, 1.807) is 34.6 Å². The van der Waals surface area contributed by atoms with Gasteiger partial charge >= 0.3 is 6.03 Å². The summed E-state index contributed by atoms with van der Waals surface area (Å²) >= 11 is 0. The Morgan fingerprint density at radius 3 is 2.45 bits per heavy atom. The first-order chi connectivity index (χ1) is 28.0. The average Bonchev–Trinajstić information content (AvgIpc) is 3.88. The number of amides is 4. The second-order valence-corrected chi connectivity index (χ2v) is 16.8. The van der Waals surface area contributed by atoms with E-state index in [2.05, 4.69) is 25.3 Å². The number of hydrogen-bond donors (Lipinski definition) is 2. The van der Waals surface area contributed by atoms with Crippen molar-refractivity contribution in [2.45, 2.75) is 95.7 Å². The van der Waals surface area contributed by atoms with Crippen LogP contribution < -0.4 is 25.8 Å². The van der Waals surface area contributed by atoms with Gasteiger partial charge in [-0.1, -0.05) is 0 Å². The largest absolute Gasteiger partial charge is 0.490 e. The van der Waals surface area contributed by atoms with Crippen LogP contribution in [0.4, 0.5) is 20.7 Å². The Kier molecular flexibility index (Phi) is 10.0. The number of aryl methyl sites for hydroxylation is 1. The van der Waals surface area contributed by atoms with Gasteiger partial charge in [0.15, 0.2) is 5.82 Å². The van der Waals surface area contributed by atoms with Gasteiger partial charge in [0.2, 0.25) is 5.91 Å². The van der Waals surface area contributed by atoms with Crippen LogP contribution in [0.5, 0.6) is 5.75 Å². The summed E-state index contributed by atoms with van der Waals surface area (Å²) < 4.78 is 27.3. The SMILES string of the molecule is CC(C)Oc1cc2nn(C3CCC(CN4CCC(c5cc6c(cc5F)c(N5CCC(=O)NC5=O)nn6C)CC4)CC3)cc2cc1C(=O)Nc1cccn(C2CC2)c1=O. The number of anilines is 2. The van der Waals surface area contributed by atoms with Crippen LogP contribution in [0, 0.1) is 11.7 Å². The summed E-state index contributed by atoms with van der Waals surface area (Å²) in [6.45, 7) is 6.88. The number of halogens is 1. The monoisotopic (exact) mass is 791 g/mol. The Labute approximate surface area is 335 Å². The summed E-state index contributed by atoms with van der Waals surface area (Å²) in [5, 5.41) is 16.1. The van der Waals surface area contributed by atoms with E-state index in [9.17, 15) is 19.2 Å². The van der Waals surface area contributed by atoms with E-state index in [1.165, 1.54) is 11.0 Å². The Morgan fingerprint density at radius 2 is 1.72 bits per heavy atom. The third kappa shape index (κ3) is 7.47. The highest BCUT2D eigenvalue weighted by molar-refractivity contribution is 6.09. The molecule has 5 aromatic rings. The number of likely N-dealkylation sites (tertiary alicyclic amines) is 1. The maximum absolute atomic E-state index is 15.7. The van der Waals surface area contributed by atoms with Crippen LogP contribution in [-0.4, -0.2) is 79.2 Å². The molecule has 0 atom stereocenters.